The lowest BCUT2D eigenvalue weighted by Crippen LogP contribution is -2.33. The number of para-hydroxylation sites is 1. The molecule has 0 saturated carbocycles. The van der Waals surface area contributed by atoms with E-state index in [1.54, 1.807) is 6.33 Å². The second kappa shape index (κ2) is 6.97. The van der Waals surface area contributed by atoms with Crippen LogP contribution in [0.25, 0.3) is 11.2 Å². The highest BCUT2D eigenvalue weighted by Crippen LogP contribution is 2.29. The summed E-state index contributed by atoms with van der Waals surface area (Å²) >= 11 is 0. The highest BCUT2D eigenvalue weighted by molar-refractivity contribution is 5.71. The average molecular weight is 375 g/mol. The number of benzene rings is 1. The Hall–Kier alpha value is -3.39. The maximum Gasteiger partial charge on any atom is 0.248 e. The summed E-state index contributed by atoms with van der Waals surface area (Å²) in [6.45, 7) is 1.01. The van der Waals surface area contributed by atoms with Gasteiger partial charge in [-0.25, -0.2) is 9.50 Å². The zero-order valence-corrected chi connectivity index (χ0v) is 15.3. The van der Waals surface area contributed by atoms with E-state index in [-0.39, 0.29) is 12.6 Å². The van der Waals surface area contributed by atoms with E-state index in [0.29, 0.717) is 11.8 Å². The number of imidazole rings is 1. The number of aliphatic hydroxyl groups excluding tert-OH is 1. The average Bonchev–Trinajstić information content (AvgIpc) is 3.48. The summed E-state index contributed by atoms with van der Waals surface area (Å²) in [6, 6.07) is 14.1. The molecular formula is C20H21N7O. The van der Waals surface area contributed by atoms with Gasteiger partial charge in [-0.2, -0.15) is 4.98 Å². The highest BCUT2D eigenvalue weighted by atomic mass is 16.3. The van der Waals surface area contributed by atoms with Crippen molar-refractivity contribution in [3.63, 3.8) is 0 Å². The first-order valence-electron chi connectivity index (χ1n) is 9.41. The Morgan fingerprint density at radius 1 is 1.14 bits per heavy atom. The molecule has 5 rings (SSSR count). The quantitative estimate of drug-likeness (QED) is 0.558. The third kappa shape index (κ3) is 2.97. The number of hydrogen-bond donors (Lipinski definition) is 2. The van der Waals surface area contributed by atoms with Crippen molar-refractivity contribution in [3.05, 3.63) is 61.2 Å². The molecule has 1 saturated heterocycles. The monoisotopic (exact) mass is 375 g/mol. The molecular weight excluding hydrogens is 354 g/mol. The molecule has 1 unspecified atom stereocenters. The molecule has 4 heterocycles. The summed E-state index contributed by atoms with van der Waals surface area (Å²) in [6.07, 6.45) is 7.59. The Morgan fingerprint density at radius 2 is 2.04 bits per heavy atom. The van der Waals surface area contributed by atoms with Gasteiger partial charge in [-0.1, -0.05) is 18.2 Å². The van der Waals surface area contributed by atoms with Gasteiger partial charge in [-0.15, -0.1) is 5.10 Å². The van der Waals surface area contributed by atoms with Gasteiger partial charge in [0.25, 0.3) is 0 Å². The van der Waals surface area contributed by atoms with E-state index in [1.807, 2.05) is 63.9 Å². The zero-order valence-electron chi connectivity index (χ0n) is 15.3. The first-order valence-corrected chi connectivity index (χ1v) is 9.41. The van der Waals surface area contributed by atoms with E-state index in [2.05, 4.69) is 20.3 Å². The fraction of sp³-hybridized carbons (Fsp3) is 0.250. The number of rotatable bonds is 5. The van der Waals surface area contributed by atoms with Crippen LogP contribution < -0.4 is 10.2 Å². The van der Waals surface area contributed by atoms with E-state index in [4.69, 9.17) is 4.98 Å². The van der Waals surface area contributed by atoms with Gasteiger partial charge >= 0.3 is 0 Å². The largest absolute Gasteiger partial charge is 0.394 e. The molecule has 0 amide bonds. The van der Waals surface area contributed by atoms with E-state index < -0.39 is 0 Å². The number of aliphatic hydroxyl groups is 1. The van der Waals surface area contributed by atoms with Crippen LogP contribution in [0.2, 0.25) is 0 Å². The van der Waals surface area contributed by atoms with Crippen LogP contribution in [-0.2, 0) is 0 Å². The number of hydrogen-bond acceptors (Lipinski definition) is 6. The van der Waals surface area contributed by atoms with Gasteiger partial charge in [0, 0.05) is 18.4 Å². The van der Waals surface area contributed by atoms with Crippen LogP contribution in [0.1, 0.15) is 12.8 Å². The minimum absolute atomic E-state index is 0.0961. The lowest BCUT2D eigenvalue weighted by atomic mass is 10.2. The molecule has 1 atom stereocenters. The first-order chi connectivity index (χ1) is 13.8. The Kier molecular flexibility index (Phi) is 4.17. The van der Waals surface area contributed by atoms with E-state index in [0.717, 1.165) is 36.4 Å². The first kappa shape index (κ1) is 16.8. The van der Waals surface area contributed by atoms with Crippen LogP contribution in [0, 0.1) is 0 Å². The molecule has 1 aromatic carbocycles. The summed E-state index contributed by atoms with van der Waals surface area (Å²) in [5.74, 6) is 1.98. The summed E-state index contributed by atoms with van der Waals surface area (Å²) in [4.78, 5) is 11.3. The lowest BCUT2D eigenvalue weighted by molar-refractivity contribution is 0.266. The number of nitrogens with one attached hydrogen (secondary N) is 1. The molecule has 4 aromatic rings. The molecule has 3 aromatic heterocycles. The van der Waals surface area contributed by atoms with Crippen molar-refractivity contribution in [2.75, 3.05) is 23.4 Å². The minimum Gasteiger partial charge on any atom is -0.394 e. The molecule has 0 aliphatic carbocycles. The number of anilines is 3. The van der Waals surface area contributed by atoms with Crippen LogP contribution in [0.15, 0.2) is 61.2 Å². The van der Waals surface area contributed by atoms with Gasteiger partial charge < -0.3 is 19.9 Å². The third-order valence-corrected chi connectivity index (χ3v) is 5.11. The van der Waals surface area contributed by atoms with E-state index in [1.165, 1.54) is 0 Å². The smallest absolute Gasteiger partial charge is 0.248 e. The van der Waals surface area contributed by atoms with Crippen molar-refractivity contribution in [1.82, 2.24) is 24.1 Å². The summed E-state index contributed by atoms with van der Waals surface area (Å²) in [5, 5.41) is 17.5. The molecule has 1 fully saturated rings. The normalized spacial score (nSPS) is 16.8. The number of nitrogens with zero attached hydrogens (tertiary/aromatic N) is 6. The standard InChI is InChI=1S/C20H21N7O/c28-13-16-8-4-10-26(16)19-17-9-5-11-27(17)24-20(23-19)22-18-12-25(14-21-18)15-6-2-1-3-7-15/h1-3,5-7,9,11-12,14,16,28H,4,8,10,13H2,(H,22,24). The Morgan fingerprint density at radius 3 is 2.89 bits per heavy atom. The van der Waals surface area contributed by atoms with Gasteiger partial charge in [0.2, 0.25) is 5.95 Å². The van der Waals surface area contributed by atoms with E-state index >= 15 is 0 Å². The van der Waals surface area contributed by atoms with Crippen LogP contribution in [0.3, 0.4) is 0 Å². The predicted octanol–water partition coefficient (Wildman–Crippen LogP) is 2.62. The molecule has 0 radical (unpaired) electrons. The molecule has 0 bridgehead atoms. The predicted molar refractivity (Wildman–Crippen MR) is 107 cm³/mol. The van der Waals surface area contributed by atoms with Gasteiger partial charge in [-0.3, -0.25) is 0 Å². The molecule has 0 spiro atoms. The highest BCUT2D eigenvalue weighted by Gasteiger charge is 2.27. The van der Waals surface area contributed by atoms with Crippen molar-refractivity contribution in [3.8, 4) is 5.69 Å². The second-order valence-corrected chi connectivity index (χ2v) is 6.90. The molecule has 28 heavy (non-hydrogen) atoms. The van der Waals surface area contributed by atoms with Gasteiger partial charge in [0.1, 0.15) is 11.8 Å². The fourth-order valence-corrected chi connectivity index (χ4v) is 3.73. The van der Waals surface area contributed by atoms with Crippen LogP contribution in [-0.4, -0.2) is 48.4 Å². The van der Waals surface area contributed by atoms with Crippen LogP contribution >= 0.6 is 0 Å². The molecule has 142 valence electrons. The molecule has 2 N–H and O–H groups in total. The molecule has 8 heteroatoms. The Labute approximate surface area is 162 Å². The minimum atomic E-state index is 0.0961. The molecule has 1 aliphatic heterocycles. The zero-order chi connectivity index (χ0) is 18.9. The van der Waals surface area contributed by atoms with Gasteiger partial charge in [-0.05, 0) is 37.1 Å². The van der Waals surface area contributed by atoms with Crippen molar-refractivity contribution < 1.29 is 5.11 Å². The van der Waals surface area contributed by atoms with Crippen molar-refractivity contribution in [2.45, 2.75) is 18.9 Å². The van der Waals surface area contributed by atoms with Gasteiger partial charge in [0.15, 0.2) is 11.6 Å². The number of fused-ring (bicyclic) bond motifs is 1. The summed E-state index contributed by atoms with van der Waals surface area (Å²) < 4.78 is 3.76. The van der Waals surface area contributed by atoms with Crippen molar-refractivity contribution in [2.24, 2.45) is 0 Å². The lowest BCUT2D eigenvalue weighted by Gasteiger charge is -2.25. The second-order valence-electron chi connectivity index (χ2n) is 6.90. The topological polar surface area (TPSA) is 83.5 Å². The van der Waals surface area contributed by atoms with Crippen LogP contribution in [0.5, 0.6) is 0 Å². The number of aromatic nitrogens is 5. The van der Waals surface area contributed by atoms with Gasteiger partial charge in [0.05, 0.1) is 18.8 Å². The maximum absolute atomic E-state index is 9.72. The maximum atomic E-state index is 9.72. The van der Waals surface area contributed by atoms with E-state index in [9.17, 15) is 5.11 Å². The van der Waals surface area contributed by atoms with Crippen molar-refractivity contribution >= 4 is 23.1 Å². The Balaban J connectivity index is 1.48. The Bertz CT molecular complexity index is 1090. The van der Waals surface area contributed by atoms with Crippen LogP contribution in [0.4, 0.5) is 17.6 Å². The summed E-state index contributed by atoms with van der Waals surface area (Å²) in [7, 11) is 0. The third-order valence-electron chi connectivity index (χ3n) is 5.11. The summed E-state index contributed by atoms with van der Waals surface area (Å²) in [5.41, 5.74) is 1.97. The molecule has 8 nitrogen and oxygen atoms in total. The SMILES string of the molecule is OCC1CCCN1c1nc(Nc2cn(-c3ccccc3)cn2)nn2cccc12. The molecule has 1 aliphatic rings. The van der Waals surface area contributed by atoms with Crippen molar-refractivity contribution in [1.29, 1.82) is 0 Å². The fourth-order valence-electron chi connectivity index (χ4n) is 3.73.